The van der Waals surface area contributed by atoms with Gasteiger partial charge in [0.2, 0.25) is 5.91 Å². The van der Waals surface area contributed by atoms with Crippen LogP contribution in [-0.2, 0) is 14.3 Å². The van der Waals surface area contributed by atoms with Crippen molar-refractivity contribution in [2.24, 2.45) is 0 Å². The van der Waals surface area contributed by atoms with Gasteiger partial charge in [-0.1, -0.05) is 42.2 Å². The zero-order valence-corrected chi connectivity index (χ0v) is 14.7. The molecular formula is C16H15N3O4S2. The lowest BCUT2D eigenvalue weighted by molar-refractivity contribution is -0.126. The Hall–Kier alpha value is -2.39. The molecule has 9 heteroatoms. The summed E-state index contributed by atoms with van der Waals surface area (Å²) in [6, 6.07) is 9.12. The smallest absolute Gasteiger partial charge is 0.355 e. The number of hydrogen-bond acceptors (Lipinski definition) is 6. The first-order chi connectivity index (χ1) is 12.0. The van der Waals surface area contributed by atoms with Crippen LogP contribution in [0.15, 0.2) is 30.3 Å². The van der Waals surface area contributed by atoms with E-state index in [0.29, 0.717) is 22.3 Å². The second-order valence-corrected chi connectivity index (χ2v) is 6.91. The van der Waals surface area contributed by atoms with Crippen LogP contribution in [0, 0.1) is 0 Å². The minimum Gasteiger partial charge on any atom is -0.451 e. The van der Waals surface area contributed by atoms with Crippen LogP contribution in [0.3, 0.4) is 0 Å². The number of carbonyl (C=O) groups is 3. The lowest BCUT2D eigenvalue weighted by Gasteiger charge is -2.15. The Bertz CT molecular complexity index is 800. The number of nitrogens with zero attached hydrogens (tertiary/aromatic N) is 1. The third kappa shape index (κ3) is 4.18. The van der Waals surface area contributed by atoms with Gasteiger partial charge >= 0.3 is 5.97 Å². The van der Waals surface area contributed by atoms with E-state index in [4.69, 9.17) is 17.0 Å². The zero-order valence-electron chi connectivity index (χ0n) is 13.1. The molecule has 2 N–H and O–H groups in total. The van der Waals surface area contributed by atoms with E-state index in [0.717, 1.165) is 10.9 Å². The Labute approximate surface area is 153 Å². The number of esters is 1. The predicted octanol–water partition coefficient (Wildman–Crippen LogP) is 1.30. The van der Waals surface area contributed by atoms with Gasteiger partial charge in [-0.05, 0) is 12.1 Å². The molecule has 1 aliphatic heterocycles. The molecule has 0 bridgehead atoms. The highest BCUT2D eigenvalue weighted by Crippen LogP contribution is 2.18. The Balaban J connectivity index is 1.43. The first-order valence-corrected chi connectivity index (χ1v) is 8.92. The van der Waals surface area contributed by atoms with Crippen LogP contribution >= 0.6 is 24.0 Å². The van der Waals surface area contributed by atoms with Crippen molar-refractivity contribution in [2.75, 3.05) is 25.4 Å². The highest BCUT2D eigenvalue weighted by Gasteiger charge is 2.26. The van der Waals surface area contributed by atoms with E-state index in [-0.39, 0.29) is 19.1 Å². The number of amides is 2. The summed E-state index contributed by atoms with van der Waals surface area (Å²) >= 11 is 6.35. The molecule has 2 aromatic rings. The van der Waals surface area contributed by atoms with Gasteiger partial charge < -0.3 is 15.0 Å². The van der Waals surface area contributed by atoms with Crippen molar-refractivity contribution >= 4 is 57.0 Å². The van der Waals surface area contributed by atoms with Gasteiger partial charge in [0.15, 0.2) is 6.61 Å². The molecule has 3 rings (SSSR count). The van der Waals surface area contributed by atoms with Crippen molar-refractivity contribution in [1.29, 1.82) is 0 Å². The Morgan fingerprint density at radius 1 is 1.36 bits per heavy atom. The average molecular weight is 377 g/mol. The SMILES string of the molecule is O=C(COC(=O)c1cc2ccccc2[nH]1)NCCN1C(=O)CSC1=S. The summed E-state index contributed by atoms with van der Waals surface area (Å²) in [7, 11) is 0. The second kappa shape index (κ2) is 7.66. The highest BCUT2D eigenvalue weighted by molar-refractivity contribution is 8.23. The van der Waals surface area contributed by atoms with Crippen LogP contribution in [0.1, 0.15) is 10.5 Å². The third-order valence-corrected chi connectivity index (χ3v) is 5.01. The Morgan fingerprint density at radius 3 is 2.88 bits per heavy atom. The summed E-state index contributed by atoms with van der Waals surface area (Å²) in [5.41, 5.74) is 1.11. The van der Waals surface area contributed by atoms with E-state index in [9.17, 15) is 14.4 Å². The van der Waals surface area contributed by atoms with Crippen molar-refractivity contribution in [1.82, 2.24) is 15.2 Å². The summed E-state index contributed by atoms with van der Waals surface area (Å²) < 4.78 is 5.51. The molecule has 25 heavy (non-hydrogen) atoms. The number of thiocarbonyl (C=S) groups is 1. The van der Waals surface area contributed by atoms with Crippen molar-refractivity contribution in [3.05, 3.63) is 36.0 Å². The lowest BCUT2D eigenvalue weighted by Crippen LogP contribution is -2.38. The largest absolute Gasteiger partial charge is 0.451 e. The number of H-pyrrole nitrogens is 1. The van der Waals surface area contributed by atoms with Crippen molar-refractivity contribution in [3.8, 4) is 0 Å². The summed E-state index contributed by atoms with van der Waals surface area (Å²) in [6.07, 6.45) is 0. The van der Waals surface area contributed by atoms with Crippen LogP contribution in [0.25, 0.3) is 10.9 Å². The number of ether oxygens (including phenoxy) is 1. The topological polar surface area (TPSA) is 91.5 Å². The summed E-state index contributed by atoms with van der Waals surface area (Å²) in [4.78, 5) is 39.7. The first kappa shape index (κ1) is 17.4. The molecule has 0 atom stereocenters. The lowest BCUT2D eigenvalue weighted by atomic mass is 10.2. The Morgan fingerprint density at radius 2 is 2.16 bits per heavy atom. The fourth-order valence-electron chi connectivity index (χ4n) is 2.35. The fourth-order valence-corrected chi connectivity index (χ4v) is 3.47. The molecule has 0 unspecified atom stereocenters. The number of hydrogen-bond donors (Lipinski definition) is 2. The molecule has 2 amide bonds. The minimum absolute atomic E-state index is 0.0607. The van der Waals surface area contributed by atoms with Crippen molar-refractivity contribution in [2.45, 2.75) is 0 Å². The number of carbonyl (C=O) groups excluding carboxylic acids is 3. The van der Waals surface area contributed by atoms with E-state index < -0.39 is 11.9 Å². The number of benzene rings is 1. The number of thioether (sulfide) groups is 1. The fraction of sp³-hybridized carbons (Fsp3) is 0.250. The minimum atomic E-state index is -0.598. The van der Waals surface area contributed by atoms with Crippen LogP contribution in [0.5, 0.6) is 0 Å². The maximum absolute atomic E-state index is 12.0. The third-order valence-electron chi connectivity index (χ3n) is 3.58. The van der Waals surface area contributed by atoms with Gasteiger partial charge in [-0.3, -0.25) is 14.5 Å². The zero-order chi connectivity index (χ0) is 17.8. The van der Waals surface area contributed by atoms with Gasteiger partial charge in [-0.2, -0.15) is 0 Å². The molecule has 130 valence electrons. The number of rotatable bonds is 6. The molecule has 0 radical (unpaired) electrons. The predicted molar refractivity (Wildman–Crippen MR) is 98.4 cm³/mol. The number of aromatic amines is 1. The highest BCUT2D eigenvalue weighted by atomic mass is 32.2. The van der Waals surface area contributed by atoms with E-state index in [2.05, 4.69) is 10.3 Å². The molecule has 7 nitrogen and oxygen atoms in total. The quantitative estimate of drug-likeness (QED) is 0.582. The Kier molecular flexibility index (Phi) is 5.34. The van der Waals surface area contributed by atoms with Crippen LogP contribution in [-0.4, -0.2) is 57.4 Å². The molecule has 0 saturated carbocycles. The van der Waals surface area contributed by atoms with Crippen LogP contribution < -0.4 is 5.32 Å². The van der Waals surface area contributed by atoms with E-state index in [1.807, 2.05) is 24.3 Å². The molecule has 1 saturated heterocycles. The standard InChI is InChI=1S/C16H15N3O4S2/c20-13(17-5-6-19-14(21)9-25-16(19)24)8-23-15(22)12-7-10-3-1-2-4-11(10)18-12/h1-4,7,18H,5-6,8-9H2,(H,17,20). The van der Waals surface area contributed by atoms with E-state index in [1.165, 1.54) is 16.7 Å². The number of para-hydroxylation sites is 1. The molecule has 0 spiro atoms. The van der Waals surface area contributed by atoms with Gasteiger partial charge in [-0.25, -0.2) is 4.79 Å². The summed E-state index contributed by atoms with van der Waals surface area (Å²) in [6.45, 7) is 0.170. The maximum Gasteiger partial charge on any atom is 0.355 e. The van der Waals surface area contributed by atoms with Gasteiger partial charge in [0.05, 0.1) is 5.75 Å². The molecule has 0 aliphatic carbocycles. The van der Waals surface area contributed by atoms with E-state index >= 15 is 0 Å². The van der Waals surface area contributed by atoms with Crippen molar-refractivity contribution in [3.63, 3.8) is 0 Å². The molecule has 2 heterocycles. The van der Waals surface area contributed by atoms with Gasteiger partial charge in [0.25, 0.3) is 5.91 Å². The van der Waals surface area contributed by atoms with E-state index in [1.54, 1.807) is 6.07 Å². The maximum atomic E-state index is 12.0. The normalized spacial score (nSPS) is 14.2. The molecule has 1 fully saturated rings. The number of fused-ring (bicyclic) bond motifs is 1. The number of aromatic nitrogens is 1. The van der Waals surface area contributed by atoms with Crippen LogP contribution in [0.2, 0.25) is 0 Å². The van der Waals surface area contributed by atoms with Crippen molar-refractivity contribution < 1.29 is 19.1 Å². The number of nitrogens with one attached hydrogen (secondary N) is 2. The monoisotopic (exact) mass is 377 g/mol. The molecule has 1 aromatic carbocycles. The molecule has 1 aromatic heterocycles. The summed E-state index contributed by atoms with van der Waals surface area (Å²) in [5, 5.41) is 3.49. The average Bonchev–Trinajstić information content (AvgIpc) is 3.17. The molecular weight excluding hydrogens is 362 g/mol. The molecule has 1 aliphatic rings. The van der Waals surface area contributed by atoms with Gasteiger partial charge in [0, 0.05) is 24.0 Å². The second-order valence-electron chi connectivity index (χ2n) is 5.30. The van der Waals surface area contributed by atoms with Crippen LogP contribution in [0.4, 0.5) is 0 Å². The van der Waals surface area contributed by atoms with Gasteiger partial charge in [-0.15, -0.1) is 0 Å². The van der Waals surface area contributed by atoms with Gasteiger partial charge in [0.1, 0.15) is 10.0 Å². The first-order valence-electron chi connectivity index (χ1n) is 7.53. The summed E-state index contributed by atoms with van der Waals surface area (Å²) in [5.74, 6) is -0.752.